The van der Waals surface area contributed by atoms with E-state index in [-0.39, 0.29) is 0 Å². The van der Waals surface area contributed by atoms with Crippen molar-refractivity contribution in [2.75, 3.05) is 7.11 Å². The van der Waals surface area contributed by atoms with Crippen molar-refractivity contribution in [1.82, 2.24) is 0 Å². The van der Waals surface area contributed by atoms with E-state index in [0.29, 0.717) is 0 Å². The predicted octanol–water partition coefficient (Wildman–Crippen LogP) is 2.79. The van der Waals surface area contributed by atoms with E-state index in [4.69, 9.17) is 0 Å². The fourth-order valence-corrected chi connectivity index (χ4v) is 0.980. The molecular weight excluding hydrogens is 239 g/mol. The number of halogens is 5. The number of carbonyl (C=O) groups is 1. The quantitative estimate of drug-likeness (QED) is 0.525. The summed E-state index contributed by atoms with van der Waals surface area (Å²) in [5, 5.41) is 0. The van der Waals surface area contributed by atoms with Gasteiger partial charge < -0.3 is 9.47 Å². The number of ether oxygens (including phenoxy) is 2. The van der Waals surface area contributed by atoms with E-state index in [1.165, 1.54) is 0 Å². The number of rotatable bonds is 1. The molecule has 1 aliphatic carbocycles. The number of methoxy groups -OCH3 is 1. The van der Waals surface area contributed by atoms with E-state index >= 15 is 0 Å². The molecule has 2 unspecified atom stereocenters. The molecule has 3 nitrogen and oxygen atoms in total. The topological polar surface area (TPSA) is 35.5 Å². The second-order valence-corrected chi connectivity index (χ2v) is 2.72. The first kappa shape index (κ1) is 12.5. The van der Waals surface area contributed by atoms with Gasteiger partial charge in [0.05, 0.1) is 7.11 Å². The molecule has 0 radical (unpaired) electrons. The van der Waals surface area contributed by atoms with E-state index in [9.17, 15) is 26.7 Å². The van der Waals surface area contributed by atoms with Crippen LogP contribution in [0.4, 0.5) is 26.7 Å². The highest BCUT2D eigenvalue weighted by molar-refractivity contribution is 5.60. The largest absolute Gasteiger partial charge is 0.508 e. The highest BCUT2D eigenvalue weighted by Crippen LogP contribution is 2.37. The minimum absolute atomic E-state index is 0.823. The zero-order valence-electron chi connectivity index (χ0n) is 7.77. The van der Waals surface area contributed by atoms with Gasteiger partial charge in [0.2, 0.25) is 0 Å². The molecule has 0 saturated heterocycles. The van der Waals surface area contributed by atoms with Crippen LogP contribution in [0.25, 0.3) is 0 Å². The normalized spacial score (nSPS) is 25.9. The van der Waals surface area contributed by atoms with Gasteiger partial charge in [0.15, 0.2) is 35.6 Å². The second kappa shape index (κ2) is 4.50. The summed E-state index contributed by atoms with van der Waals surface area (Å²) in [5.41, 5.74) is 0. The number of hydrogen-bond acceptors (Lipinski definition) is 3. The Labute approximate surface area is 86.1 Å². The maximum absolute atomic E-state index is 13.0. The van der Waals surface area contributed by atoms with E-state index in [1.54, 1.807) is 0 Å². The molecule has 0 fully saturated rings. The van der Waals surface area contributed by atoms with Crippen LogP contribution in [-0.2, 0) is 9.47 Å². The number of alkyl halides is 1. The highest BCUT2D eigenvalue weighted by Gasteiger charge is 2.43. The lowest BCUT2D eigenvalue weighted by molar-refractivity contribution is 0.00841. The molecule has 90 valence electrons. The zero-order valence-corrected chi connectivity index (χ0v) is 7.77. The molecule has 2 atom stereocenters. The molecule has 16 heavy (non-hydrogen) atoms. The summed E-state index contributed by atoms with van der Waals surface area (Å²) in [7, 11) is 0.823. The van der Waals surface area contributed by atoms with E-state index in [2.05, 4.69) is 9.47 Å². The second-order valence-electron chi connectivity index (χ2n) is 2.72. The summed E-state index contributed by atoms with van der Waals surface area (Å²) in [6, 6.07) is 0. The van der Waals surface area contributed by atoms with E-state index < -0.39 is 41.7 Å². The third kappa shape index (κ3) is 2.00. The molecule has 0 aliphatic heterocycles. The van der Waals surface area contributed by atoms with E-state index in [0.717, 1.165) is 7.11 Å². The minimum Gasteiger partial charge on any atom is -0.438 e. The molecule has 0 saturated carbocycles. The van der Waals surface area contributed by atoms with Gasteiger partial charge in [-0.25, -0.2) is 26.7 Å². The lowest BCUT2D eigenvalue weighted by atomic mass is 10.1. The smallest absolute Gasteiger partial charge is 0.438 e. The van der Waals surface area contributed by atoms with Crippen LogP contribution in [0.5, 0.6) is 0 Å². The van der Waals surface area contributed by atoms with Crippen molar-refractivity contribution < 1.29 is 36.2 Å². The van der Waals surface area contributed by atoms with E-state index in [1.807, 2.05) is 0 Å². The van der Waals surface area contributed by atoms with Gasteiger partial charge in [0.25, 0.3) is 0 Å². The van der Waals surface area contributed by atoms with Gasteiger partial charge in [-0.05, 0) is 0 Å². The first-order chi connectivity index (χ1) is 7.40. The molecular formula is C8H5F5O3. The number of carbonyl (C=O) groups excluding carboxylic acids is 1. The maximum Gasteiger partial charge on any atom is 0.508 e. The number of hydrogen-bond donors (Lipinski definition) is 0. The minimum atomic E-state index is -2.95. The van der Waals surface area contributed by atoms with Crippen LogP contribution in [0.2, 0.25) is 0 Å². The fraction of sp³-hybridized carbons (Fsp3) is 0.375. The molecule has 0 heterocycles. The van der Waals surface area contributed by atoms with Gasteiger partial charge in [-0.15, -0.1) is 0 Å². The molecule has 0 amide bonds. The summed E-state index contributed by atoms with van der Waals surface area (Å²) in [5.74, 6) is -8.74. The average molecular weight is 244 g/mol. The Morgan fingerprint density at radius 1 is 1.12 bits per heavy atom. The van der Waals surface area contributed by atoms with Crippen molar-refractivity contribution in [3.05, 3.63) is 23.3 Å². The van der Waals surface area contributed by atoms with Crippen LogP contribution in [0, 0.1) is 0 Å². The van der Waals surface area contributed by atoms with Crippen LogP contribution in [-0.4, -0.2) is 25.5 Å². The van der Waals surface area contributed by atoms with Crippen molar-refractivity contribution in [3.63, 3.8) is 0 Å². The number of allylic oxidation sites excluding steroid dienone is 2. The monoisotopic (exact) mass is 244 g/mol. The highest BCUT2D eigenvalue weighted by atomic mass is 19.2. The Bertz CT molecular complexity index is 376. The average Bonchev–Trinajstić information content (AvgIpc) is 2.29. The molecule has 0 bridgehead atoms. The van der Waals surface area contributed by atoms with Crippen molar-refractivity contribution in [2.24, 2.45) is 0 Å². The maximum atomic E-state index is 13.0. The summed E-state index contributed by atoms with van der Waals surface area (Å²) >= 11 is 0. The third-order valence-corrected chi connectivity index (χ3v) is 1.76. The molecule has 0 aromatic rings. The van der Waals surface area contributed by atoms with Crippen molar-refractivity contribution in [2.45, 2.75) is 12.3 Å². The van der Waals surface area contributed by atoms with Gasteiger partial charge in [0, 0.05) is 0 Å². The Morgan fingerprint density at radius 2 is 1.62 bits per heavy atom. The fourth-order valence-electron chi connectivity index (χ4n) is 0.980. The Morgan fingerprint density at radius 3 is 2.12 bits per heavy atom. The summed E-state index contributed by atoms with van der Waals surface area (Å²) < 4.78 is 71.4. The third-order valence-electron chi connectivity index (χ3n) is 1.76. The predicted molar refractivity (Wildman–Crippen MR) is 40.7 cm³/mol. The summed E-state index contributed by atoms with van der Waals surface area (Å²) in [6.45, 7) is 0. The Hall–Kier alpha value is -1.60. The Kier molecular flexibility index (Phi) is 3.51. The van der Waals surface area contributed by atoms with Crippen LogP contribution >= 0.6 is 0 Å². The van der Waals surface area contributed by atoms with Crippen LogP contribution in [0.1, 0.15) is 0 Å². The van der Waals surface area contributed by atoms with Crippen molar-refractivity contribution in [3.8, 4) is 0 Å². The molecule has 8 heteroatoms. The molecule has 1 rings (SSSR count). The van der Waals surface area contributed by atoms with Gasteiger partial charge in [-0.2, -0.15) is 0 Å². The van der Waals surface area contributed by atoms with Crippen molar-refractivity contribution in [1.29, 1.82) is 0 Å². The lowest BCUT2D eigenvalue weighted by Gasteiger charge is -2.21. The van der Waals surface area contributed by atoms with Crippen LogP contribution in [0.15, 0.2) is 23.3 Å². The SMILES string of the molecule is COC(=O)OC1C(F)=C(F)C(F)=C(F)C1F. The summed E-state index contributed by atoms with van der Waals surface area (Å²) in [6.07, 6.45) is -7.02. The molecule has 0 aromatic carbocycles. The van der Waals surface area contributed by atoms with Crippen LogP contribution in [0.3, 0.4) is 0 Å². The first-order valence-corrected chi connectivity index (χ1v) is 3.89. The van der Waals surface area contributed by atoms with Gasteiger partial charge >= 0.3 is 6.16 Å². The van der Waals surface area contributed by atoms with Crippen LogP contribution < -0.4 is 0 Å². The molecule has 0 N–H and O–H groups in total. The standard InChI is InChI=1S/C8H5F5O3/c1-15-8(14)16-7-5(12)3(10)2(9)4(11)6(7)13/h5,7H,1H3. The van der Waals surface area contributed by atoms with Gasteiger partial charge in [-0.3, -0.25) is 0 Å². The first-order valence-electron chi connectivity index (χ1n) is 3.89. The molecule has 0 aromatic heterocycles. The Balaban J connectivity index is 3.01. The molecule has 0 spiro atoms. The van der Waals surface area contributed by atoms with Gasteiger partial charge in [0.1, 0.15) is 0 Å². The van der Waals surface area contributed by atoms with Gasteiger partial charge in [-0.1, -0.05) is 0 Å². The molecule has 1 aliphatic rings. The zero-order chi connectivity index (χ0) is 12.5. The summed E-state index contributed by atoms with van der Waals surface area (Å²) in [4.78, 5) is 10.5. The van der Waals surface area contributed by atoms with Crippen molar-refractivity contribution >= 4 is 6.16 Å². The lowest BCUT2D eigenvalue weighted by Crippen LogP contribution is -2.33.